The molecule has 1 saturated heterocycles. The van der Waals surface area contributed by atoms with Gasteiger partial charge in [0.15, 0.2) is 0 Å². The zero-order valence-corrected chi connectivity index (χ0v) is 17.5. The number of carbonyl (C=O) groups is 2. The van der Waals surface area contributed by atoms with Gasteiger partial charge in [0.25, 0.3) is 11.8 Å². The highest BCUT2D eigenvalue weighted by molar-refractivity contribution is 6.44. The standard InChI is InChI=1S/C22H24FN5O3/c1-27(22(7-8-22)12-31-2)21(30)19-14-11-28(9-6-16(14)25-26-19)20(29)17-10-13-4-3-5-15(23)18(13)24-17/h3-5,10,14,17H,6-9,11-12H2,1-2H3. The van der Waals surface area contributed by atoms with Gasteiger partial charge in [0.1, 0.15) is 22.9 Å². The second-order valence-electron chi connectivity index (χ2n) is 8.60. The largest absolute Gasteiger partial charge is 0.382 e. The maximum Gasteiger partial charge on any atom is 0.271 e. The zero-order chi connectivity index (χ0) is 21.8. The van der Waals surface area contributed by atoms with Gasteiger partial charge in [-0.2, -0.15) is 5.10 Å². The first-order valence-corrected chi connectivity index (χ1v) is 10.5. The van der Waals surface area contributed by atoms with Crippen molar-refractivity contribution in [3.05, 3.63) is 34.6 Å². The van der Waals surface area contributed by atoms with Gasteiger partial charge in [-0.1, -0.05) is 12.1 Å². The molecule has 2 atom stereocenters. The smallest absolute Gasteiger partial charge is 0.271 e. The van der Waals surface area contributed by atoms with Crippen molar-refractivity contribution < 1.29 is 18.7 Å². The Balaban J connectivity index is 1.31. The number of hydrogen-bond acceptors (Lipinski definition) is 6. The van der Waals surface area contributed by atoms with Crippen molar-refractivity contribution in [3.8, 4) is 0 Å². The van der Waals surface area contributed by atoms with Crippen molar-refractivity contribution in [1.29, 1.82) is 0 Å². The average Bonchev–Trinajstić information content (AvgIpc) is 3.23. The quantitative estimate of drug-likeness (QED) is 0.661. The highest BCUT2D eigenvalue weighted by atomic mass is 19.1. The van der Waals surface area contributed by atoms with Crippen LogP contribution in [0.3, 0.4) is 0 Å². The summed E-state index contributed by atoms with van der Waals surface area (Å²) in [7, 11) is 3.41. The minimum atomic E-state index is -0.748. The van der Waals surface area contributed by atoms with Gasteiger partial charge in [0.2, 0.25) is 0 Å². The molecule has 9 heteroatoms. The van der Waals surface area contributed by atoms with Crippen LogP contribution in [-0.4, -0.2) is 78.5 Å². The summed E-state index contributed by atoms with van der Waals surface area (Å²) < 4.78 is 19.3. The van der Waals surface area contributed by atoms with Crippen LogP contribution in [0.5, 0.6) is 0 Å². The van der Waals surface area contributed by atoms with Gasteiger partial charge in [-0.05, 0) is 25.0 Å². The number of benzene rings is 1. The molecule has 1 saturated carbocycles. The van der Waals surface area contributed by atoms with Crippen molar-refractivity contribution >= 4 is 29.3 Å². The molecule has 5 rings (SSSR count). The Hall–Kier alpha value is -2.94. The Morgan fingerprint density at radius 2 is 2.13 bits per heavy atom. The van der Waals surface area contributed by atoms with Crippen LogP contribution >= 0.6 is 0 Å². The van der Waals surface area contributed by atoms with Gasteiger partial charge in [0.05, 0.1) is 23.8 Å². The normalized spacial score (nSPS) is 24.9. The molecule has 3 heterocycles. The average molecular weight is 425 g/mol. The third-order valence-corrected chi connectivity index (χ3v) is 6.72. The van der Waals surface area contributed by atoms with Gasteiger partial charge in [-0.25, -0.2) is 4.39 Å². The lowest BCUT2D eigenvalue weighted by Gasteiger charge is -2.34. The first-order chi connectivity index (χ1) is 14.9. The predicted octanol–water partition coefficient (Wildman–Crippen LogP) is -0.0955. The molecule has 0 radical (unpaired) electrons. The van der Waals surface area contributed by atoms with Crippen LogP contribution in [0.15, 0.2) is 33.4 Å². The molecule has 0 aromatic heterocycles. The van der Waals surface area contributed by atoms with Gasteiger partial charge in [-0.3, -0.25) is 14.6 Å². The van der Waals surface area contributed by atoms with Crippen LogP contribution in [0, 0.1) is 11.7 Å². The first-order valence-electron chi connectivity index (χ1n) is 10.5. The van der Waals surface area contributed by atoms with E-state index in [9.17, 15) is 14.0 Å². The molecule has 1 aliphatic carbocycles. The third-order valence-electron chi connectivity index (χ3n) is 6.72. The van der Waals surface area contributed by atoms with E-state index in [4.69, 9.17) is 4.74 Å². The monoisotopic (exact) mass is 425 g/mol. The van der Waals surface area contributed by atoms with E-state index >= 15 is 0 Å². The molecule has 31 heavy (non-hydrogen) atoms. The number of para-hydroxylation sites is 1. The summed E-state index contributed by atoms with van der Waals surface area (Å²) in [6, 6.07) is 3.95. The molecule has 2 fully saturated rings. The van der Waals surface area contributed by atoms with E-state index in [2.05, 4.69) is 15.2 Å². The maximum absolute atomic E-state index is 14.0. The van der Waals surface area contributed by atoms with Gasteiger partial charge in [0, 0.05) is 38.9 Å². The highest BCUT2D eigenvalue weighted by Gasteiger charge is 2.51. The second kappa shape index (κ2) is 7.33. The van der Waals surface area contributed by atoms with Crippen LogP contribution < -0.4 is 10.6 Å². The van der Waals surface area contributed by atoms with Crippen LogP contribution in [0.1, 0.15) is 19.3 Å². The lowest BCUT2D eigenvalue weighted by Crippen LogP contribution is -2.52. The Kier molecular flexibility index (Phi) is 4.73. The Morgan fingerprint density at radius 3 is 2.84 bits per heavy atom. The Labute approximate surface area is 178 Å². The summed E-state index contributed by atoms with van der Waals surface area (Å²) in [4.78, 5) is 34.0. The number of hydrogen-bond donors (Lipinski definition) is 0. The van der Waals surface area contributed by atoms with E-state index in [-0.39, 0.29) is 28.6 Å². The molecule has 1 aromatic rings. The van der Waals surface area contributed by atoms with E-state index in [1.54, 1.807) is 42.2 Å². The molecule has 1 aromatic carbocycles. The van der Waals surface area contributed by atoms with E-state index in [1.807, 2.05) is 0 Å². The van der Waals surface area contributed by atoms with E-state index < -0.39 is 11.9 Å². The fourth-order valence-electron chi connectivity index (χ4n) is 4.62. The number of rotatable bonds is 5. The van der Waals surface area contributed by atoms with E-state index in [0.29, 0.717) is 37.0 Å². The molecule has 0 N–H and O–H groups in total. The predicted molar refractivity (Wildman–Crippen MR) is 112 cm³/mol. The number of carbonyl (C=O) groups excluding carboxylic acids is 2. The number of halogens is 1. The molecule has 2 unspecified atom stereocenters. The van der Waals surface area contributed by atoms with E-state index in [1.165, 1.54) is 6.07 Å². The molecular weight excluding hydrogens is 401 g/mol. The Morgan fingerprint density at radius 1 is 1.32 bits per heavy atom. The number of ether oxygens (including phenoxy) is 1. The highest BCUT2D eigenvalue weighted by Crippen LogP contribution is 2.41. The molecule has 3 aliphatic heterocycles. The lowest BCUT2D eigenvalue weighted by molar-refractivity contribution is -0.132. The summed E-state index contributed by atoms with van der Waals surface area (Å²) >= 11 is 0. The minimum Gasteiger partial charge on any atom is -0.382 e. The van der Waals surface area contributed by atoms with Crippen molar-refractivity contribution in [3.63, 3.8) is 0 Å². The first kappa shape index (κ1) is 20.0. The Bertz CT molecular complexity index is 1140. The summed E-state index contributed by atoms with van der Waals surface area (Å²) in [6.45, 7) is 1.29. The summed E-state index contributed by atoms with van der Waals surface area (Å²) in [5.74, 6) is -1.11. The van der Waals surface area contributed by atoms with E-state index in [0.717, 1.165) is 18.6 Å². The second-order valence-corrected chi connectivity index (χ2v) is 8.60. The number of piperidine rings is 1. The third kappa shape index (κ3) is 3.27. The minimum absolute atomic E-state index is 0.167. The SMILES string of the molecule is COCC1(N(C)C(=O)C2=NN=C3CCN(C(=O)C4C=c5cccc(F)c5=N4)CC32)CC1. The molecule has 8 nitrogen and oxygen atoms in total. The topological polar surface area (TPSA) is 86.9 Å². The number of likely N-dealkylation sites (tertiary alicyclic amines) is 1. The molecule has 162 valence electrons. The van der Waals surface area contributed by atoms with Gasteiger partial charge < -0.3 is 14.5 Å². The molecule has 0 spiro atoms. The number of likely N-dealkylation sites (N-methyl/N-ethyl adjacent to an activating group) is 1. The van der Waals surface area contributed by atoms with Crippen LogP contribution in [-0.2, 0) is 14.3 Å². The van der Waals surface area contributed by atoms with Gasteiger partial charge in [-0.15, -0.1) is 5.10 Å². The fourth-order valence-corrected chi connectivity index (χ4v) is 4.62. The van der Waals surface area contributed by atoms with Crippen LogP contribution in [0.25, 0.3) is 6.08 Å². The van der Waals surface area contributed by atoms with Crippen LogP contribution in [0.4, 0.5) is 4.39 Å². The number of fused-ring (bicyclic) bond motifs is 2. The zero-order valence-electron chi connectivity index (χ0n) is 17.5. The molecule has 2 amide bonds. The summed E-state index contributed by atoms with van der Waals surface area (Å²) in [6.07, 6.45) is 4.04. The van der Waals surface area contributed by atoms with Crippen molar-refractivity contribution in [2.75, 3.05) is 33.9 Å². The van der Waals surface area contributed by atoms with Crippen molar-refractivity contribution in [2.24, 2.45) is 21.1 Å². The molecule has 4 aliphatic rings. The van der Waals surface area contributed by atoms with Crippen LogP contribution in [0.2, 0.25) is 0 Å². The summed E-state index contributed by atoms with van der Waals surface area (Å²) in [5, 5.41) is 9.28. The van der Waals surface area contributed by atoms with Crippen molar-refractivity contribution in [1.82, 2.24) is 9.80 Å². The molecular formula is C22H24FN5O3. The lowest BCUT2D eigenvalue weighted by atomic mass is 9.90. The fraction of sp³-hybridized carbons (Fsp3) is 0.500. The number of nitrogens with zero attached hydrogens (tertiary/aromatic N) is 5. The van der Waals surface area contributed by atoms with Crippen molar-refractivity contribution in [2.45, 2.75) is 30.8 Å². The maximum atomic E-state index is 14.0. The number of methoxy groups -OCH3 is 1. The molecule has 0 bridgehead atoms. The van der Waals surface area contributed by atoms with Gasteiger partial charge >= 0.3 is 0 Å². The number of amides is 2. The summed E-state index contributed by atoms with van der Waals surface area (Å²) in [5.41, 5.74) is 0.938.